The molecule has 1 aliphatic heterocycles. The van der Waals surface area contributed by atoms with Crippen molar-refractivity contribution < 1.29 is 24.5 Å². The number of nitrogens with one attached hydrogen (secondary N) is 2. The number of nitrogens with zero attached hydrogens (tertiary/aromatic N) is 2. The van der Waals surface area contributed by atoms with Crippen molar-refractivity contribution in [2.75, 3.05) is 13.2 Å². The number of hydrogen-bond acceptors (Lipinski definition) is 6. The molecule has 3 atom stereocenters. The van der Waals surface area contributed by atoms with Crippen molar-refractivity contribution in [2.24, 2.45) is 0 Å². The number of aromatic amines is 1. The number of aliphatic hydroxyl groups excluding tert-OH is 2. The van der Waals surface area contributed by atoms with E-state index in [1.54, 1.807) is 24.3 Å². The number of imidazole rings is 1. The number of urea groups is 1. The Morgan fingerprint density at radius 2 is 1.83 bits per heavy atom. The number of aliphatic hydroxyl groups is 2. The average molecular weight is 687 g/mol. The van der Waals surface area contributed by atoms with E-state index in [2.05, 4.69) is 32.9 Å². The lowest BCUT2D eigenvalue weighted by atomic mass is 10.0. The topological polar surface area (TPSA) is 128 Å². The molecule has 11 heteroatoms. The van der Waals surface area contributed by atoms with Gasteiger partial charge in [0, 0.05) is 21.2 Å². The standard InChI is InChI=1S/C30H28ClIN4O5/c1-17-26(23-12-9-20(32)14-24(23)31)34-28(33-17)25(13-18-5-3-2-4-6-18)36-29(39)27(35-30(36)40)19-7-10-22(11-8-19)41-16-21(38)15-37/h2-12,14,21,25,27,37-38H,13,15-16H2,1H3,(H,33,34)(H,35,40)/t21-,25+,27-/m1/s1. The minimum absolute atomic E-state index is 0.0676. The molecule has 1 saturated heterocycles. The third-order valence-corrected chi connectivity index (χ3v) is 7.81. The molecule has 0 unspecified atom stereocenters. The first-order chi connectivity index (χ1) is 19.7. The summed E-state index contributed by atoms with van der Waals surface area (Å²) in [4.78, 5) is 36.6. The highest BCUT2D eigenvalue weighted by Crippen LogP contribution is 2.35. The number of benzene rings is 3. The van der Waals surface area contributed by atoms with Crippen LogP contribution in [0.15, 0.2) is 72.8 Å². The third-order valence-electron chi connectivity index (χ3n) is 6.83. The fourth-order valence-corrected chi connectivity index (χ4v) is 5.69. The van der Waals surface area contributed by atoms with Crippen LogP contribution in [-0.2, 0) is 11.2 Å². The van der Waals surface area contributed by atoms with Crippen LogP contribution < -0.4 is 10.1 Å². The van der Waals surface area contributed by atoms with Crippen LogP contribution in [0.3, 0.4) is 0 Å². The van der Waals surface area contributed by atoms with Crippen LogP contribution in [0.2, 0.25) is 5.02 Å². The van der Waals surface area contributed by atoms with Crippen LogP contribution >= 0.6 is 34.2 Å². The minimum atomic E-state index is -0.993. The molecule has 3 aromatic carbocycles. The van der Waals surface area contributed by atoms with Gasteiger partial charge < -0.3 is 25.3 Å². The first-order valence-corrected chi connectivity index (χ1v) is 14.4. The zero-order chi connectivity index (χ0) is 29.1. The van der Waals surface area contributed by atoms with E-state index < -0.39 is 36.7 Å². The normalized spacial score (nSPS) is 16.5. The fraction of sp³-hybridized carbons (Fsp3) is 0.233. The number of carbonyl (C=O) groups excluding carboxylic acids is 2. The molecule has 41 heavy (non-hydrogen) atoms. The minimum Gasteiger partial charge on any atom is -0.491 e. The van der Waals surface area contributed by atoms with E-state index in [-0.39, 0.29) is 6.61 Å². The van der Waals surface area contributed by atoms with E-state index in [0.29, 0.717) is 34.3 Å². The van der Waals surface area contributed by atoms with Gasteiger partial charge in [-0.25, -0.2) is 9.78 Å². The second-order valence-corrected chi connectivity index (χ2v) is 11.4. The number of aromatic nitrogens is 2. The average Bonchev–Trinajstić information content (AvgIpc) is 3.49. The fourth-order valence-electron chi connectivity index (χ4n) is 4.75. The Balaban J connectivity index is 1.45. The summed E-state index contributed by atoms with van der Waals surface area (Å²) in [6.45, 7) is 1.41. The maximum Gasteiger partial charge on any atom is 0.325 e. The maximum absolute atomic E-state index is 13.8. The molecule has 0 spiro atoms. The molecule has 0 radical (unpaired) electrons. The third kappa shape index (κ3) is 6.40. The summed E-state index contributed by atoms with van der Waals surface area (Å²) in [6.07, 6.45) is -0.632. The Labute approximate surface area is 255 Å². The van der Waals surface area contributed by atoms with Gasteiger partial charge in [0.15, 0.2) is 0 Å². The van der Waals surface area contributed by atoms with Crippen molar-refractivity contribution in [2.45, 2.75) is 31.5 Å². The SMILES string of the molecule is Cc1[nH]c([C@H](Cc2ccccc2)N2C(=O)N[C@H](c3ccc(OC[C@H](O)CO)cc3)C2=O)nc1-c1ccc(I)cc1Cl. The molecule has 1 aliphatic rings. The zero-order valence-corrected chi connectivity index (χ0v) is 25.0. The van der Waals surface area contributed by atoms with E-state index in [1.807, 2.05) is 55.5 Å². The molecule has 0 saturated carbocycles. The van der Waals surface area contributed by atoms with Crippen molar-refractivity contribution in [3.05, 3.63) is 104 Å². The van der Waals surface area contributed by atoms with Gasteiger partial charge in [-0.3, -0.25) is 9.69 Å². The summed E-state index contributed by atoms with van der Waals surface area (Å²) in [5, 5.41) is 21.9. The molecule has 0 bridgehead atoms. The lowest BCUT2D eigenvalue weighted by Gasteiger charge is -2.24. The van der Waals surface area contributed by atoms with Crippen LogP contribution in [0.25, 0.3) is 11.3 Å². The number of H-pyrrole nitrogens is 1. The van der Waals surface area contributed by atoms with Crippen LogP contribution in [-0.4, -0.2) is 56.3 Å². The number of carbonyl (C=O) groups is 2. The number of rotatable bonds is 10. The van der Waals surface area contributed by atoms with Gasteiger partial charge in [0.2, 0.25) is 0 Å². The largest absolute Gasteiger partial charge is 0.491 e. The van der Waals surface area contributed by atoms with Gasteiger partial charge in [0.05, 0.1) is 17.3 Å². The predicted octanol–water partition coefficient (Wildman–Crippen LogP) is 4.95. The van der Waals surface area contributed by atoms with Gasteiger partial charge in [-0.2, -0.15) is 0 Å². The van der Waals surface area contributed by atoms with E-state index >= 15 is 0 Å². The van der Waals surface area contributed by atoms with E-state index in [9.17, 15) is 14.7 Å². The monoisotopic (exact) mass is 686 g/mol. The Morgan fingerprint density at radius 3 is 2.51 bits per heavy atom. The zero-order valence-electron chi connectivity index (χ0n) is 22.1. The molecule has 212 valence electrons. The van der Waals surface area contributed by atoms with Crippen LogP contribution in [0.4, 0.5) is 4.79 Å². The van der Waals surface area contributed by atoms with Crippen molar-refractivity contribution in [1.29, 1.82) is 0 Å². The van der Waals surface area contributed by atoms with Gasteiger partial charge in [0.25, 0.3) is 5.91 Å². The molecule has 4 aromatic rings. The van der Waals surface area contributed by atoms with E-state index in [0.717, 1.165) is 20.4 Å². The van der Waals surface area contributed by atoms with Crippen molar-refractivity contribution in [1.82, 2.24) is 20.2 Å². The maximum atomic E-state index is 13.8. The molecular weight excluding hydrogens is 659 g/mol. The van der Waals surface area contributed by atoms with E-state index in [1.165, 1.54) is 4.90 Å². The summed E-state index contributed by atoms with van der Waals surface area (Å²) in [5.41, 5.74) is 3.71. The number of halogens is 2. The van der Waals surface area contributed by atoms with Gasteiger partial charge in [0.1, 0.15) is 36.4 Å². The molecular formula is C30H28ClIN4O5. The summed E-state index contributed by atoms with van der Waals surface area (Å²) in [5.74, 6) is 0.541. The highest BCUT2D eigenvalue weighted by atomic mass is 127. The van der Waals surface area contributed by atoms with Gasteiger partial charge in [-0.1, -0.05) is 60.1 Å². The second kappa shape index (κ2) is 12.6. The van der Waals surface area contributed by atoms with Crippen LogP contribution in [0.5, 0.6) is 5.75 Å². The smallest absolute Gasteiger partial charge is 0.325 e. The number of aryl methyl sites for hydroxylation is 1. The van der Waals surface area contributed by atoms with Crippen LogP contribution in [0, 0.1) is 10.5 Å². The number of ether oxygens (including phenoxy) is 1. The van der Waals surface area contributed by atoms with Crippen molar-refractivity contribution >= 4 is 46.1 Å². The molecule has 0 aliphatic carbocycles. The highest BCUT2D eigenvalue weighted by molar-refractivity contribution is 14.1. The molecule has 1 fully saturated rings. The summed E-state index contributed by atoms with van der Waals surface area (Å²) in [7, 11) is 0. The highest BCUT2D eigenvalue weighted by Gasteiger charge is 2.44. The lowest BCUT2D eigenvalue weighted by molar-refractivity contribution is -0.129. The summed E-state index contributed by atoms with van der Waals surface area (Å²) < 4.78 is 6.46. The molecule has 9 nitrogen and oxygen atoms in total. The van der Waals surface area contributed by atoms with E-state index in [4.69, 9.17) is 26.4 Å². The lowest BCUT2D eigenvalue weighted by Crippen LogP contribution is -2.36. The Kier molecular flexibility index (Phi) is 8.93. The first-order valence-electron chi connectivity index (χ1n) is 13.0. The molecule has 1 aromatic heterocycles. The number of imide groups is 1. The quantitative estimate of drug-likeness (QED) is 0.138. The Hall–Kier alpha value is -3.45. The van der Waals surface area contributed by atoms with Crippen molar-refractivity contribution in [3.63, 3.8) is 0 Å². The van der Waals surface area contributed by atoms with Gasteiger partial charge in [-0.15, -0.1) is 0 Å². The number of amides is 3. The summed E-state index contributed by atoms with van der Waals surface area (Å²) >= 11 is 8.75. The Morgan fingerprint density at radius 1 is 1.10 bits per heavy atom. The molecule has 2 heterocycles. The molecule has 4 N–H and O–H groups in total. The predicted molar refractivity (Wildman–Crippen MR) is 163 cm³/mol. The Bertz CT molecular complexity index is 1550. The van der Waals surface area contributed by atoms with Crippen LogP contribution in [0.1, 0.15) is 34.7 Å². The molecule has 3 amide bonds. The summed E-state index contributed by atoms with van der Waals surface area (Å²) in [6, 6.07) is 19.9. The van der Waals surface area contributed by atoms with Gasteiger partial charge >= 0.3 is 6.03 Å². The first kappa shape index (κ1) is 29.1. The van der Waals surface area contributed by atoms with Crippen molar-refractivity contribution in [3.8, 4) is 17.0 Å². The number of hydrogen-bond donors (Lipinski definition) is 4. The second-order valence-electron chi connectivity index (χ2n) is 9.73. The van der Waals surface area contributed by atoms with Gasteiger partial charge in [-0.05, 0) is 64.9 Å². The molecule has 5 rings (SSSR count).